The average Bonchev–Trinajstić information content (AvgIpc) is 2.15. The minimum atomic E-state index is -1.59. The average molecular weight is 236 g/mol. The van der Waals surface area contributed by atoms with E-state index in [1.807, 2.05) is 32.9 Å². The Morgan fingerprint density at radius 3 is 2.18 bits per heavy atom. The van der Waals surface area contributed by atoms with E-state index in [0.29, 0.717) is 5.56 Å². The van der Waals surface area contributed by atoms with E-state index >= 15 is 0 Å². The van der Waals surface area contributed by atoms with Gasteiger partial charge in [-0.3, -0.25) is 0 Å². The summed E-state index contributed by atoms with van der Waals surface area (Å²) in [5, 5.41) is 10.4. The second-order valence-corrected chi connectivity index (χ2v) is 4.57. The van der Waals surface area contributed by atoms with Crippen molar-refractivity contribution in [3.63, 3.8) is 0 Å². The summed E-state index contributed by atoms with van der Waals surface area (Å²) in [6.45, 7) is 9.24. The summed E-state index contributed by atoms with van der Waals surface area (Å²) in [7, 11) is 0. The molecule has 0 aliphatic carbocycles. The van der Waals surface area contributed by atoms with Crippen molar-refractivity contribution < 1.29 is 14.6 Å². The van der Waals surface area contributed by atoms with E-state index in [2.05, 4.69) is 0 Å². The summed E-state index contributed by atoms with van der Waals surface area (Å²) in [5.74, 6) is -0.602. The van der Waals surface area contributed by atoms with Gasteiger partial charge in [-0.15, -0.1) is 0 Å². The number of hydrogen-bond donors (Lipinski definition) is 1. The number of rotatable bonds is 3. The minimum Gasteiger partial charge on any atom is -0.464 e. The van der Waals surface area contributed by atoms with Crippen LogP contribution in [0.25, 0.3) is 0 Å². The van der Waals surface area contributed by atoms with Crippen LogP contribution >= 0.6 is 0 Å². The molecule has 17 heavy (non-hydrogen) atoms. The lowest BCUT2D eigenvalue weighted by Gasteiger charge is -2.25. The third-order valence-corrected chi connectivity index (χ3v) is 2.84. The van der Waals surface area contributed by atoms with E-state index in [-0.39, 0.29) is 6.61 Å². The zero-order valence-electron chi connectivity index (χ0n) is 11.1. The Bertz CT molecular complexity index is 410. The molecule has 0 saturated carbocycles. The lowest BCUT2D eigenvalue weighted by molar-refractivity contribution is -0.164. The van der Waals surface area contributed by atoms with Gasteiger partial charge in [-0.25, -0.2) is 4.79 Å². The minimum absolute atomic E-state index is 0.263. The van der Waals surface area contributed by atoms with Crippen molar-refractivity contribution in [1.82, 2.24) is 0 Å². The largest absolute Gasteiger partial charge is 0.464 e. The van der Waals surface area contributed by atoms with Crippen LogP contribution in [0.2, 0.25) is 0 Å². The molecule has 1 atom stereocenters. The predicted octanol–water partition coefficient (Wildman–Crippen LogP) is 2.38. The fraction of sp³-hybridized carbons (Fsp3) is 0.500. The van der Waals surface area contributed by atoms with E-state index in [9.17, 15) is 9.90 Å². The Morgan fingerprint density at radius 2 is 1.76 bits per heavy atom. The molecule has 0 spiro atoms. The van der Waals surface area contributed by atoms with Crippen LogP contribution in [0.15, 0.2) is 12.1 Å². The molecule has 1 aromatic carbocycles. The normalized spacial score (nSPS) is 14.2. The molecule has 3 nitrogen and oxygen atoms in total. The fourth-order valence-corrected chi connectivity index (χ4v) is 2.32. The van der Waals surface area contributed by atoms with Gasteiger partial charge in [-0.1, -0.05) is 17.7 Å². The Hall–Kier alpha value is -1.35. The summed E-state index contributed by atoms with van der Waals surface area (Å²) >= 11 is 0. The van der Waals surface area contributed by atoms with Gasteiger partial charge >= 0.3 is 5.97 Å². The molecule has 1 rings (SSSR count). The molecule has 94 valence electrons. The molecule has 0 radical (unpaired) electrons. The highest BCUT2D eigenvalue weighted by molar-refractivity contribution is 5.81. The predicted molar refractivity (Wildman–Crippen MR) is 66.9 cm³/mol. The molecule has 0 aliphatic rings. The first-order chi connectivity index (χ1) is 7.80. The Balaban J connectivity index is 3.28. The summed E-state index contributed by atoms with van der Waals surface area (Å²) in [6.07, 6.45) is 0. The van der Waals surface area contributed by atoms with E-state index in [1.165, 1.54) is 6.92 Å². The molecule has 0 saturated heterocycles. The Morgan fingerprint density at radius 1 is 1.29 bits per heavy atom. The van der Waals surface area contributed by atoms with Crippen LogP contribution in [-0.2, 0) is 15.1 Å². The first-order valence-corrected chi connectivity index (χ1v) is 5.78. The summed E-state index contributed by atoms with van der Waals surface area (Å²) < 4.78 is 4.91. The maximum Gasteiger partial charge on any atom is 0.342 e. The van der Waals surface area contributed by atoms with Gasteiger partial charge in [0.25, 0.3) is 0 Å². The SMILES string of the molecule is CCOC(=O)C(C)(O)c1c(C)cc(C)cc1C. The van der Waals surface area contributed by atoms with E-state index in [0.717, 1.165) is 16.7 Å². The summed E-state index contributed by atoms with van der Waals surface area (Å²) in [5.41, 5.74) is 1.98. The molecule has 1 unspecified atom stereocenters. The molecule has 0 amide bonds. The molecule has 1 aromatic rings. The van der Waals surface area contributed by atoms with Gasteiger partial charge in [0.1, 0.15) is 0 Å². The zero-order valence-corrected chi connectivity index (χ0v) is 11.1. The maximum absolute atomic E-state index is 11.8. The van der Waals surface area contributed by atoms with Crippen LogP contribution in [0.4, 0.5) is 0 Å². The van der Waals surface area contributed by atoms with Crippen LogP contribution in [-0.4, -0.2) is 17.7 Å². The highest BCUT2D eigenvalue weighted by atomic mass is 16.5. The van der Waals surface area contributed by atoms with Gasteiger partial charge in [-0.05, 0) is 45.7 Å². The molecular weight excluding hydrogens is 216 g/mol. The first-order valence-electron chi connectivity index (χ1n) is 5.78. The van der Waals surface area contributed by atoms with Crippen molar-refractivity contribution >= 4 is 5.97 Å². The van der Waals surface area contributed by atoms with Crippen LogP contribution in [0.3, 0.4) is 0 Å². The van der Waals surface area contributed by atoms with Crippen LogP contribution < -0.4 is 0 Å². The molecule has 1 N–H and O–H groups in total. The Labute approximate surface area is 102 Å². The highest BCUT2D eigenvalue weighted by Crippen LogP contribution is 2.29. The summed E-state index contributed by atoms with van der Waals surface area (Å²) in [6, 6.07) is 3.91. The van der Waals surface area contributed by atoms with Gasteiger partial charge in [0.2, 0.25) is 0 Å². The molecular formula is C14H20O3. The maximum atomic E-state index is 11.8. The van der Waals surface area contributed by atoms with E-state index in [4.69, 9.17) is 4.74 Å². The lowest BCUT2D eigenvalue weighted by Crippen LogP contribution is -2.35. The van der Waals surface area contributed by atoms with Gasteiger partial charge in [0, 0.05) is 5.56 Å². The third-order valence-electron chi connectivity index (χ3n) is 2.84. The van der Waals surface area contributed by atoms with Crippen molar-refractivity contribution in [2.75, 3.05) is 6.61 Å². The molecule has 0 aromatic heterocycles. The smallest absolute Gasteiger partial charge is 0.342 e. The first kappa shape index (κ1) is 13.7. The molecule has 3 heteroatoms. The van der Waals surface area contributed by atoms with Crippen molar-refractivity contribution in [3.8, 4) is 0 Å². The number of carbonyl (C=O) groups excluding carboxylic acids is 1. The molecule has 0 heterocycles. The number of aryl methyl sites for hydroxylation is 3. The van der Waals surface area contributed by atoms with Crippen molar-refractivity contribution in [2.45, 2.75) is 40.2 Å². The van der Waals surface area contributed by atoms with Crippen molar-refractivity contribution in [2.24, 2.45) is 0 Å². The number of carbonyl (C=O) groups is 1. The van der Waals surface area contributed by atoms with Crippen LogP contribution in [0.1, 0.15) is 36.1 Å². The zero-order chi connectivity index (χ0) is 13.2. The quantitative estimate of drug-likeness (QED) is 0.820. The second kappa shape index (κ2) is 4.88. The van der Waals surface area contributed by atoms with Crippen LogP contribution in [0, 0.1) is 20.8 Å². The summed E-state index contributed by atoms with van der Waals surface area (Å²) in [4.78, 5) is 11.8. The second-order valence-electron chi connectivity index (χ2n) is 4.57. The lowest BCUT2D eigenvalue weighted by atomic mass is 9.87. The molecule has 0 bridgehead atoms. The van der Waals surface area contributed by atoms with Gasteiger partial charge < -0.3 is 9.84 Å². The van der Waals surface area contributed by atoms with Gasteiger partial charge in [0.05, 0.1) is 6.61 Å². The fourth-order valence-electron chi connectivity index (χ4n) is 2.32. The third kappa shape index (κ3) is 2.67. The number of aliphatic hydroxyl groups is 1. The standard InChI is InChI=1S/C14H20O3/c1-6-17-13(15)14(5,16)12-10(3)7-9(2)8-11(12)4/h7-8,16H,6H2,1-5H3. The molecule has 0 aliphatic heterocycles. The van der Waals surface area contributed by atoms with Crippen LogP contribution in [0.5, 0.6) is 0 Å². The topological polar surface area (TPSA) is 46.5 Å². The monoisotopic (exact) mass is 236 g/mol. The highest BCUT2D eigenvalue weighted by Gasteiger charge is 2.36. The van der Waals surface area contributed by atoms with Gasteiger partial charge in [-0.2, -0.15) is 0 Å². The molecule has 0 fully saturated rings. The van der Waals surface area contributed by atoms with E-state index in [1.54, 1.807) is 6.92 Å². The Kier molecular flexibility index (Phi) is 3.94. The van der Waals surface area contributed by atoms with E-state index < -0.39 is 11.6 Å². The van der Waals surface area contributed by atoms with Gasteiger partial charge in [0.15, 0.2) is 5.60 Å². The number of benzene rings is 1. The number of ether oxygens (including phenoxy) is 1. The number of esters is 1. The van der Waals surface area contributed by atoms with Crippen molar-refractivity contribution in [3.05, 3.63) is 34.4 Å². The number of hydrogen-bond acceptors (Lipinski definition) is 3. The van der Waals surface area contributed by atoms with Crippen molar-refractivity contribution in [1.29, 1.82) is 0 Å².